The maximum Gasteiger partial charge on any atom is 0.270 e. The minimum atomic E-state index is -0.525. The van der Waals surface area contributed by atoms with Gasteiger partial charge in [0.15, 0.2) is 0 Å². The molecule has 0 saturated heterocycles. The first-order chi connectivity index (χ1) is 8.08. The maximum atomic E-state index is 10.6. The minimum Gasteiger partial charge on any atom is -0.383 e. The van der Waals surface area contributed by atoms with E-state index in [0.29, 0.717) is 12.3 Å². The molecule has 0 heterocycles. The Morgan fingerprint density at radius 3 is 2.88 bits per heavy atom. The Kier molecular flexibility index (Phi) is 4.43. The van der Waals surface area contributed by atoms with E-state index in [1.54, 1.807) is 7.11 Å². The molecule has 1 atom stereocenters. The summed E-state index contributed by atoms with van der Waals surface area (Å²) in [5.74, 6) is 0. The van der Waals surface area contributed by atoms with Crippen molar-refractivity contribution in [2.45, 2.75) is 13.0 Å². The average Bonchev–Trinajstić information content (AvgIpc) is 2.29. The number of nitrogens with zero attached hydrogens (tertiary/aromatic N) is 2. The van der Waals surface area contributed by atoms with E-state index >= 15 is 0 Å². The van der Waals surface area contributed by atoms with Gasteiger partial charge in [0.25, 0.3) is 5.69 Å². The highest BCUT2D eigenvalue weighted by Gasteiger charge is 2.11. The zero-order valence-electron chi connectivity index (χ0n) is 9.64. The highest BCUT2D eigenvalue weighted by atomic mass is 16.6. The van der Waals surface area contributed by atoms with E-state index in [1.807, 2.05) is 13.0 Å². The van der Waals surface area contributed by atoms with Gasteiger partial charge in [0.05, 0.1) is 22.8 Å². The van der Waals surface area contributed by atoms with Gasteiger partial charge in [-0.15, -0.1) is 0 Å². The second kappa shape index (κ2) is 5.82. The van der Waals surface area contributed by atoms with Crippen molar-refractivity contribution in [3.63, 3.8) is 0 Å². The lowest BCUT2D eigenvalue weighted by atomic mass is 10.1. The summed E-state index contributed by atoms with van der Waals surface area (Å²) in [5.41, 5.74) is 0.733. The fraction of sp³-hybridized carbons (Fsp3) is 0.364. The number of benzene rings is 1. The number of hydrogen-bond donors (Lipinski definition) is 1. The van der Waals surface area contributed by atoms with Crippen molar-refractivity contribution < 1.29 is 9.66 Å². The lowest BCUT2D eigenvalue weighted by molar-refractivity contribution is -0.384. The molecule has 1 N–H and O–H groups in total. The summed E-state index contributed by atoms with van der Waals surface area (Å²) in [4.78, 5) is 10.0. The van der Waals surface area contributed by atoms with Crippen molar-refractivity contribution in [3.8, 4) is 6.07 Å². The lowest BCUT2D eigenvalue weighted by Gasteiger charge is -2.14. The van der Waals surface area contributed by atoms with E-state index in [1.165, 1.54) is 18.2 Å². The molecule has 0 amide bonds. The second-order valence-electron chi connectivity index (χ2n) is 3.60. The quantitative estimate of drug-likeness (QED) is 0.622. The summed E-state index contributed by atoms with van der Waals surface area (Å²) in [5, 5.41) is 22.5. The zero-order chi connectivity index (χ0) is 12.8. The third-order valence-electron chi connectivity index (χ3n) is 2.15. The van der Waals surface area contributed by atoms with E-state index in [4.69, 9.17) is 10.00 Å². The van der Waals surface area contributed by atoms with Crippen LogP contribution in [0.5, 0.6) is 0 Å². The molecule has 6 heteroatoms. The van der Waals surface area contributed by atoms with Gasteiger partial charge in [-0.3, -0.25) is 10.1 Å². The molecule has 0 aliphatic rings. The van der Waals surface area contributed by atoms with Gasteiger partial charge in [-0.1, -0.05) is 0 Å². The van der Waals surface area contributed by atoms with Crippen LogP contribution in [-0.4, -0.2) is 24.7 Å². The molecule has 17 heavy (non-hydrogen) atoms. The van der Waals surface area contributed by atoms with Crippen LogP contribution in [0.25, 0.3) is 0 Å². The molecule has 0 unspecified atom stereocenters. The molecule has 0 fully saturated rings. The normalized spacial score (nSPS) is 11.6. The van der Waals surface area contributed by atoms with Crippen molar-refractivity contribution >= 4 is 11.4 Å². The van der Waals surface area contributed by atoms with Crippen molar-refractivity contribution in [1.82, 2.24) is 0 Å². The molecule has 0 saturated carbocycles. The lowest BCUT2D eigenvalue weighted by Crippen LogP contribution is -2.21. The molecule has 0 aliphatic carbocycles. The summed E-state index contributed by atoms with van der Waals surface area (Å²) in [6.07, 6.45) is 0. The number of hydrogen-bond acceptors (Lipinski definition) is 5. The summed E-state index contributed by atoms with van der Waals surface area (Å²) in [7, 11) is 1.58. The fourth-order valence-corrected chi connectivity index (χ4v) is 1.42. The van der Waals surface area contributed by atoms with Gasteiger partial charge in [0.1, 0.15) is 6.07 Å². The molecular formula is C11H13N3O3. The second-order valence-corrected chi connectivity index (χ2v) is 3.60. The first-order valence-electron chi connectivity index (χ1n) is 5.02. The van der Waals surface area contributed by atoms with Crippen LogP contribution >= 0.6 is 0 Å². The number of nitrogens with one attached hydrogen (secondary N) is 1. The van der Waals surface area contributed by atoms with Gasteiger partial charge in [0.2, 0.25) is 0 Å². The number of rotatable bonds is 5. The molecule has 0 aromatic heterocycles. The molecule has 1 rings (SSSR count). The monoisotopic (exact) mass is 235 g/mol. The fourth-order valence-electron chi connectivity index (χ4n) is 1.42. The van der Waals surface area contributed by atoms with E-state index < -0.39 is 4.92 Å². The first-order valence-corrected chi connectivity index (χ1v) is 5.02. The molecule has 1 aromatic carbocycles. The highest BCUT2D eigenvalue weighted by molar-refractivity contribution is 5.61. The number of non-ortho nitro benzene ring substituents is 1. The molecule has 0 bridgehead atoms. The molecule has 90 valence electrons. The van der Waals surface area contributed by atoms with Crippen LogP contribution in [-0.2, 0) is 4.74 Å². The number of anilines is 1. The number of methoxy groups -OCH3 is 1. The molecular weight excluding hydrogens is 222 g/mol. The highest BCUT2D eigenvalue weighted by Crippen LogP contribution is 2.21. The molecule has 0 spiro atoms. The van der Waals surface area contributed by atoms with Crippen molar-refractivity contribution in [2.75, 3.05) is 19.0 Å². The summed E-state index contributed by atoms with van der Waals surface area (Å²) >= 11 is 0. The molecule has 1 aromatic rings. The standard InChI is InChI=1S/C11H13N3O3/c1-8(7-17-2)13-11-4-3-10(14(15)16)5-9(11)6-12/h3-5,8,13H,7H2,1-2H3/t8-/m0/s1. The Bertz CT molecular complexity index is 454. The van der Waals surface area contributed by atoms with Crippen LogP contribution in [0.2, 0.25) is 0 Å². The molecule has 0 aliphatic heterocycles. The Morgan fingerprint density at radius 1 is 1.65 bits per heavy atom. The van der Waals surface area contributed by atoms with Gasteiger partial charge < -0.3 is 10.1 Å². The van der Waals surface area contributed by atoms with Crippen molar-refractivity contribution in [2.24, 2.45) is 0 Å². The number of nitriles is 1. The third kappa shape index (κ3) is 3.43. The number of nitro groups is 1. The van der Waals surface area contributed by atoms with Crippen LogP contribution in [0.4, 0.5) is 11.4 Å². The summed E-state index contributed by atoms with van der Waals surface area (Å²) in [6.45, 7) is 2.38. The largest absolute Gasteiger partial charge is 0.383 e. The third-order valence-corrected chi connectivity index (χ3v) is 2.15. The van der Waals surface area contributed by atoms with E-state index in [0.717, 1.165) is 0 Å². The van der Waals surface area contributed by atoms with Crippen LogP contribution in [0, 0.1) is 21.4 Å². The van der Waals surface area contributed by atoms with E-state index in [2.05, 4.69) is 5.32 Å². The van der Waals surface area contributed by atoms with Gasteiger partial charge in [-0.25, -0.2) is 0 Å². The summed E-state index contributed by atoms with van der Waals surface area (Å²) < 4.78 is 4.96. The van der Waals surface area contributed by atoms with Crippen LogP contribution in [0.1, 0.15) is 12.5 Å². The van der Waals surface area contributed by atoms with Crippen LogP contribution in [0.3, 0.4) is 0 Å². The van der Waals surface area contributed by atoms with Crippen molar-refractivity contribution in [3.05, 3.63) is 33.9 Å². The zero-order valence-corrected chi connectivity index (χ0v) is 9.64. The number of ether oxygens (including phenoxy) is 1. The molecule has 0 radical (unpaired) electrons. The van der Waals surface area contributed by atoms with Gasteiger partial charge in [-0.2, -0.15) is 5.26 Å². The topological polar surface area (TPSA) is 88.2 Å². The first kappa shape index (κ1) is 12.9. The number of nitro benzene ring substituents is 1. The maximum absolute atomic E-state index is 10.6. The SMILES string of the molecule is COC[C@H](C)Nc1ccc([N+](=O)[O-])cc1C#N. The Hall–Kier alpha value is -2.13. The minimum absolute atomic E-state index is 0.0218. The average molecular weight is 235 g/mol. The van der Waals surface area contributed by atoms with E-state index in [9.17, 15) is 10.1 Å². The Balaban J connectivity index is 2.94. The molecule has 6 nitrogen and oxygen atoms in total. The Morgan fingerprint density at radius 2 is 2.35 bits per heavy atom. The van der Waals surface area contributed by atoms with E-state index in [-0.39, 0.29) is 17.3 Å². The van der Waals surface area contributed by atoms with Crippen LogP contribution in [0.15, 0.2) is 18.2 Å². The Labute approximate surface area is 99.0 Å². The summed E-state index contributed by atoms with van der Waals surface area (Å²) in [6, 6.07) is 6.10. The van der Waals surface area contributed by atoms with Crippen molar-refractivity contribution in [1.29, 1.82) is 5.26 Å². The predicted molar refractivity (Wildman–Crippen MR) is 62.8 cm³/mol. The van der Waals surface area contributed by atoms with Gasteiger partial charge >= 0.3 is 0 Å². The van der Waals surface area contributed by atoms with Gasteiger partial charge in [0, 0.05) is 25.3 Å². The van der Waals surface area contributed by atoms with Gasteiger partial charge in [-0.05, 0) is 13.0 Å². The predicted octanol–water partition coefficient (Wildman–Crippen LogP) is 1.91. The van der Waals surface area contributed by atoms with Crippen LogP contribution < -0.4 is 5.32 Å². The smallest absolute Gasteiger partial charge is 0.270 e.